The van der Waals surface area contributed by atoms with Gasteiger partial charge in [0.25, 0.3) is 5.91 Å². The van der Waals surface area contributed by atoms with Gasteiger partial charge in [0.15, 0.2) is 0 Å². The number of pyridine rings is 1. The fourth-order valence-corrected chi connectivity index (χ4v) is 3.97. The number of hydrogen-bond acceptors (Lipinski definition) is 7. The molecule has 1 saturated carbocycles. The van der Waals surface area contributed by atoms with Gasteiger partial charge in [-0.2, -0.15) is 0 Å². The van der Waals surface area contributed by atoms with Crippen molar-refractivity contribution in [1.82, 2.24) is 10.5 Å². The van der Waals surface area contributed by atoms with E-state index in [9.17, 15) is 18.0 Å². The molecule has 1 aromatic heterocycles. The summed E-state index contributed by atoms with van der Waals surface area (Å²) >= 11 is 0. The molecule has 0 spiro atoms. The van der Waals surface area contributed by atoms with Crippen molar-refractivity contribution in [2.24, 2.45) is 10.9 Å². The maximum absolute atomic E-state index is 12.3. The van der Waals surface area contributed by atoms with E-state index in [0.717, 1.165) is 37.7 Å². The molecule has 0 bridgehead atoms. The zero-order chi connectivity index (χ0) is 25.4. The zero-order valence-corrected chi connectivity index (χ0v) is 21.0. The van der Waals surface area contributed by atoms with E-state index in [4.69, 9.17) is 4.84 Å². The molecule has 2 N–H and O–H groups in total. The highest BCUT2D eigenvalue weighted by molar-refractivity contribution is 7.92. The second-order valence-electron chi connectivity index (χ2n) is 8.40. The number of hydrogen-bond donors (Lipinski definition) is 2. The molecule has 1 fully saturated rings. The molecule has 1 heterocycles. The lowest BCUT2D eigenvalue weighted by Crippen LogP contribution is -2.25. The monoisotopic (exact) mass is 501 g/mol. The molecular weight excluding hydrogens is 470 g/mol. The Labute approximate surface area is 205 Å². The van der Waals surface area contributed by atoms with E-state index in [2.05, 4.69) is 20.8 Å². The summed E-state index contributed by atoms with van der Waals surface area (Å²) in [6, 6.07) is 9.01. The Morgan fingerprint density at radius 3 is 2.69 bits per heavy atom. The minimum atomic E-state index is -3.34. The van der Waals surface area contributed by atoms with Gasteiger partial charge in [-0.1, -0.05) is 18.2 Å². The number of unbranched alkanes of at least 4 members (excludes halogenated alkanes) is 2. The molecule has 35 heavy (non-hydrogen) atoms. The van der Waals surface area contributed by atoms with Gasteiger partial charge in [-0.25, -0.2) is 18.9 Å². The number of sulfonamides is 1. The average Bonchev–Trinajstić information content (AvgIpc) is 3.66. The maximum Gasteiger partial charge on any atom is 0.278 e. The van der Waals surface area contributed by atoms with E-state index in [0.29, 0.717) is 23.6 Å². The SMILES string of the molecule is CONC(=O)c1cnc(NC(=O)C2CC2)cc1/N=C/CCCCc1ccccc1N(C)S(C)(=O)=O. The first-order chi connectivity index (χ1) is 16.7. The second-order valence-corrected chi connectivity index (χ2v) is 10.4. The molecule has 10 nitrogen and oxygen atoms in total. The maximum atomic E-state index is 12.3. The summed E-state index contributed by atoms with van der Waals surface area (Å²) in [6.45, 7) is 0. The van der Waals surface area contributed by atoms with Crippen LogP contribution in [-0.2, 0) is 26.1 Å². The van der Waals surface area contributed by atoms with Crippen LogP contribution in [0.3, 0.4) is 0 Å². The largest absolute Gasteiger partial charge is 0.310 e. The number of carbonyl (C=O) groups excluding carboxylic acids is 2. The Balaban J connectivity index is 1.61. The number of anilines is 2. The first-order valence-electron chi connectivity index (χ1n) is 11.4. The van der Waals surface area contributed by atoms with Crippen molar-refractivity contribution in [1.29, 1.82) is 0 Å². The molecule has 1 aromatic carbocycles. The van der Waals surface area contributed by atoms with Crippen molar-refractivity contribution in [2.45, 2.75) is 38.5 Å². The van der Waals surface area contributed by atoms with Gasteiger partial charge in [0.1, 0.15) is 5.82 Å². The van der Waals surface area contributed by atoms with Gasteiger partial charge in [0.05, 0.1) is 30.3 Å². The molecule has 11 heteroatoms. The molecule has 0 saturated heterocycles. The minimum absolute atomic E-state index is 0.0302. The van der Waals surface area contributed by atoms with Crippen molar-refractivity contribution < 1.29 is 22.8 Å². The van der Waals surface area contributed by atoms with E-state index in [1.54, 1.807) is 25.4 Å². The van der Waals surface area contributed by atoms with Crippen molar-refractivity contribution in [3.8, 4) is 0 Å². The summed E-state index contributed by atoms with van der Waals surface area (Å²) in [5, 5.41) is 2.76. The van der Waals surface area contributed by atoms with Crippen LogP contribution in [0.5, 0.6) is 0 Å². The zero-order valence-electron chi connectivity index (χ0n) is 20.2. The molecular formula is C24H31N5O5S. The van der Waals surface area contributed by atoms with Crippen LogP contribution in [0.4, 0.5) is 17.2 Å². The third-order valence-electron chi connectivity index (χ3n) is 5.61. The highest BCUT2D eigenvalue weighted by atomic mass is 32.2. The summed E-state index contributed by atoms with van der Waals surface area (Å²) in [7, 11) is -0.450. The molecule has 1 aliphatic carbocycles. The Kier molecular flexibility index (Phi) is 8.94. The van der Waals surface area contributed by atoms with Crippen molar-refractivity contribution in [3.05, 3.63) is 47.7 Å². The quantitative estimate of drug-likeness (QED) is 0.261. The average molecular weight is 502 g/mol. The molecule has 0 aliphatic heterocycles. The number of aromatic nitrogens is 1. The Morgan fingerprint density at radius 2 is 2.00 bits per heavy atom. The Hall–Kier alpha value is -3.31. The number of rotatable bonds is 12. The van der Waals surface area contributed by atoms with Crippen LogP contribution in [-0.4, -0.2) is 51.8 Å². The predicted octanol–water partition coefficient (Wildman–Crippen LogP) is 3.23. The summed E-state index contributed by atoms with van der Waals surface area (Å²) in [4.78, 5) is 37.6. The second kappa shape index (κ2) is 11.9. The normalized spacial score (nSPS) is 13.6. The number of nitrogens with one attached hydrogen (secondary N) is 2. The van der Waals surface area contributed by atoms with Gasteiger partial charge >= 0.3 is 0 Å². The summed E-state index contributed by atoms with van der Waals surface area (Å²) < 4.78 is 25.1. The third kappa shape index (κ3) is 7.59. The number of para-hydroxylation sites is 1. The van der Waals surface area contributed by atoms with E-state index in [-0.39, 0.29) is 17.4 Å². The number of aliphatic imine (C=N–C) groups is 1. The number of nitrogens with zero attached hydrogens (tertiary/aromatic N) is 3. The van der Waals surface area contributed by atoms with Crippen molar-refractivity contribution >= 4 is 45.2 Å². The topological polar surface area (TPSA) is 130 Å². The number of hydroxylamine groups is 1. The van der Waals surface area contributed by atoms with Crippen LogP contribution in [0.25, 0.3) is 0 Å². The number of amides is 2. The van der Waals surface area contributed by atoms with Crippen LogP contribution in [0.1, 0.15) is 48.0 Å². The lowest BCUT2D eigenvalue weighted by molar-refractivity contribution is -0.117. The van der Waals surface area contributed by atoms with Gasteiger partial charge in [0, 0.05) is 31.4 Å². The van der Waals surface area contributed by atoms with Gasteiger partial charge in [-0.3, -0.25) is 23.7 Å². The van der Waals surface area contributed by atoms with Gasteiger partial charge < -0.3 is 5.32 Å². The summed E-state index contributed by atoms with van der Waals surface area (Å²) in [5.41, 5.74) is 4.50. The fraction of sp³-hybridized carbons (Fsp3) is 0.417. The van der Waals surface area contributed by atoms with Gasteiger partial charge in [0.2, 0.25) is 15.9 Å². The van der Waals surface area contributed by atoms with Crippen molar-refractivity contribution in [2.75, 3.05) is 30.0 Å². The highest BCUT2D eigenvalue weighted by Gasteiger charge is 2.30. The van der Waals surface area contributed by atoms with Crippen LogP contribution >= 0.6 is 0 Å². The molecule has 0 radical (unpaired) electrons. The van der Waals surface area contributed by atoms with Gasteiger partial charge in [-0.15, -0.1) is 0 Å². The molecule has 0 atom stereocenters. The lowest BCUT2D eigenvalue weighted by Gasteiger charge is -2.20. The fourth-order valence-electron chi connectivity index (χ4n) is 3.44. The molecule has 2 aromatic rings. The van der Waals surface area contributed by atoms with Crippen molar-refractivity contribution in [3.63, 3.8) is 0 Å². The van der Waals surface area contributed by atoms with E-state index in [1.165, 1.54) is 23.9 Å². The molecule has 2 amide bonds. The summed E-state index contributed by atoms with van der Waals surface area (Å²) in [6.07, 6.45) is 9.04. The van der Waals surface area contributed by atoms with Crippen LogP contribution in [0.15, 0.2) is 41.5 Å². The Bertz CT molecular complexity index is 1190. The third-order valence-corrected chi connectivity index (χ3v) is 6.80. The number of aryl methyl sites for hydroxylation is 1. The number of carbonyl (C=O) groups is 2. The number of benzene rings is 1. The van der Waals surface area contributed by atoms with Crippen LogP contribution in [0.2, 0.25) is 0 Å². The van der Waals surface area contributed by atoms with E-state index < -0.39 is 15.9 Å². The predicted molar refractivity (Wildman–Crippen MR) is 135 cm³/mol. The minimum Gasteiger partial charge on any atom is -0.310 e. The van der Waals surface area contributed by atoms with Crippen LogP contribution < -0.4 is 15.1 Å². The Morgan fingerprint density at radius 1 is 1.26 bits per heavy atom. The van der Waals surface area contributed by atoms with Gasteiger partial charge in [-0.05, 0) is 50.2 Å². The molecule has 1 aliphatic rings. The molecule has 0 unspecified atom stereocenters. The molecule has 188 valence electrons. The highest BCUT2D eigenvalue weighted by Crippen LogP contribution is 2.31. The molecule has 3 rings (SSSR count). The first kappa shape index (κ1) is 26.3. The lowest BCUT2D eigenvalue weighted by atomic mass is 10.1. The first-order valence-corrected chi connectivity index (χ1v) is 13.2. The summed E-state index contributed by atoms with van der Waals surface area (Å²) in [5.74, 6) is -0.195. The standard InChI is InChI=1S/C24H31N5O5S/c1-29(35(3,32)33)21-11-7-6-10-17(21)9-5-4-8-14-25-20-15-22(27-23(30)18-12-13-18)26-16-19(20)24(31)28-34-2/h6-7,10-11,14-16,18H,4-5,8-9,12-13H2,1-3H3,(H,28,31)(H,26,27,30)/b25-14+. The van der Waals surface area contributed by atoms with E-state index >= 15 is 0 Å². The van der Waals surface area contributed by atoms with Crippen LogP contribution in [0, 0.1) is 5.92 Å². The smallest absolute Gasteiger partial charge is 0.278 e. The van der Waals surface area contributed by atoms with E-state index in [1.807, 2.05) is 18.2 Å².